The first-order valence-corrected chi connectivity index (χ1v) is 6.46. The van der Waals surface area contributed by atoms with Crippen molar-refractivity contribution < 1.29 is 19.8 Å². The van der Waals surface area contributed by atoms with E-state index in [1.54, 1.807) is 6.92 Å². The van der Waals surface area contributed by atoms with Crippen LogP contribution in [0.25, 0.3) is 0 Å². The molecule has 2 aliphatic rings. The Morgan fingerprint density at radius 1 is 1.33 bits per heavy atom. The Hall–Kier alpha value is -1.30. The quantitative estimate of drug-likeness (QED) is 0.687. The lowest BCUT2D eigenvalue weighted by atomic mass is 9.97. The SMILES string of the molecule is CC(O)CC(=O)N[C@@H]1C[C@H]2CC[C@@H](C1)N2C(=O)O. The lowest BCUT2D eigenvalue weighted by molar-refractivity contribution is -0.123. The highest BCUT2D eigenvalue weighted by Crippen LogP contribution is 2.35. The minimum absolute atomic E-state index is 0.0399. The Labute approximate surface area is 106 Å². The Morgan fingerprint density at radius 3 is 2.33 bits per heavy atom. The molecular weight excluding hydrogens is 236 g/mol. The van der Waals surface area contributed by atoms with Gasteiger partial charge in [-0.15, -0.1) is 0 Å². The van der Waals surface area contributed by atoms with Crippen molar-refractivity contribution in [3.8, 4) is 0 Å². The molecule has 18 heavy (non-hydrogen) atoms. The van der Waals surface area contributed by atoms with Crippen molar-refractivity contribution in [2.75, 3.05) is 0 Å². The summed E-state index contributed by atoms with van der Waals surface area (Å²) in [5, 5.41) is 21.1. The van der Waals surface area contributed by atoms with Gasteiger partial charge in [-0.2, -0.15) is 0 Å². The van der Waals surface area contributed by atoms with Crippen LogP contribution < -0.4 is 5.32 Å². The maximum Gasteiger partial charge on any atom is 0.407 e. The molecule has 0 aromatic heterocycles. The molecule has 3 N–H and O–H groups in total. The second-order valence-electron chi connectivity index (χ2n) is 5.36. The van der Waals surface area contributed by atoms with Gasteiger partial charge in [0.25, 0.3) is 0 Å². The van der Waals surface area contributed by atoms with E-state index in [0.29, 0.717) is 12.8 Å². The highest BCUT2D eigenvalue weighted by Gasteiger charge is 2.43. The zero-order valence-electron chi connectivity index (χ0n) is 10.5. The smallest absolute Gasteiger partial charge is 0.407 e. The normalized spacial score (nSPS) is 32.1. The zero-order chi connectivity index (χ0) is 13.3. The summed E-state index contributed by atoms with van der Waals surface area (Å²) < 4.78 is 0. The number of fused-ring (bicyclic) bond motifs is 2. The van der Waals surface area contributed by atoms with E-state index in [-0.39, 0.29) is 30.5 Å². The predicted octanol–water partition coefficient (Wildman–Crippen LogP) is 0.547. The van der Waals surface area contributed by atoms with Crippen LogP contribution in [-0.4, -0.2) is 51.3 Å². The van der Waals surface area contributed by atoms with Gasteiger partial charge in [0.2, 0.25) is 5.91 Å². The monoisotopic (exact) mass is 256 g/mol. The lowest BCUT2D eigenvalue weighted by Crippen LogP contribution is -2.52. The molecule has 1 unspecified atom stereocenters. The van der Waals surface area contributed by atoms with Crippen LogP contribution in [0.5, 0.6) is 0 Å². The molecule has 2 heterocycles. The molecule has 0 aromatic carbocycles. The van der Waals surface area contributed by atoms with E-state index in [2.05, 4.69) is 5.32 Å². The average Bonchev–Trinajstić information content (AvgIpc) is 2.50. The van der Waals surface area contributed by atoms with Gasteiger partial charge in [-0.25, -0.2) is 4.79 Å². The third-order valence-electron chi connectivity index (χ3n) is 3.80. The van der Waals surface area contributed by atoms with Gasteiger partial charge >= 0.3 is 6.09 Å². The molecule has 2 fully saturated rings. The standard InChI is InChI=1S/C12H20N2O4/c1-7(15)4-11(16)13-8-5-9-2-3-10(6-8)14(9)12(17)18/h7-10,15H,2-6H2,1H3,(H,13,16)(H,17,18)/t7?,8-,9-,10+. The molecule has 102 valence electrons. The Bertz CT molecular complexity index is 331. The molecule has 4 atom stereocenters. The number of carbonyl (C=O) groups is 2. The first kappa shape index (κ1) is 13.1. The van der Waals surface area contributed by atoms with Gasteiger partial charge in [0.15, 0.2) is 0 Å². The van der Waals surface area contributed by atoms with Crippen LogP contribution in [0.4, 0.5) is 4.79 Å². The van der Waals surface area contributed by atoms with Crippen LogP contribution in [0.15, 0.2) is 0 Å². The van der Waals surface area contributed by atoms with Gasteiger partial charge in [-0.3, -0.25) is 4.79 Å². The number of carbonyl (C=O) groups excluding carboxylic acids is 1. The summed E-state index contributed by atoms with van der Waals surface area (Å²) in [5.41, 5.74) is 0. The van der Waals surface area contributed by atoms with Crippen LogP contribution in [0.2, 0.25) is 0 Å². The zero-order valence-corrected chi connectivity index (χ0v) is 10.5. The van der Waals surface area contributed by atoms with Crippen molar-refractivity contribution in [2.45, 2.75) is 63.3 Å². The first-order chi connectivity index (χ1) is 8.47. The fourth-order valence-electron chi connectivity index (χ4n) is 3.16. The summed E-state index contributed by atoms with van der Waals surface area (Å²) in [6.45, 7) is 1.58. The van der Waals surface area contributed by atoms with Crippen LogP contribution in [0.1, 0.15) is 39.0 Å². The van der Waals surface area contributed by atoms with Gasteiger partial charge in [-0.1, -0.05) is 0 Å². The van der Waals surface area contributed by atoms with E-state index in [1.165, 1.54) is 4.90 Å². The number of piperidine rings is 1. The molecule has 2 amide bonds. The summed E-state index contributed by atoms with van der Waals surface area (Å²) >= 11 is 0. The number of aliphatic hydroxyl groups excluding tert-OH is 1. The molecule has 0 saturated carbocycles. The van der Waals surface area contributed by atoms with Crippen molar-refractivity contribution in [3.05, 3.63) is 0 Å². The van der Waals surface area contributed by atoms with Crippen molar-refractivity contribution in [2.24, 2.45) is 0 Å². The number of rotatable bonds is 3. The number of nitrogens with one attached hydrogen (secondary N) is 1. The van der Waals surface area contributed by atoms with E-state index in [1.807, 2.05) is 0 Å². The summed E-state index contributed by atoms with van der Waals surface area (Å²) in [7, 11) is 0. The van der Waals surface area contributed by atoms with E-state index in [4.69, 9.17) is 10.2 Å². The first-order valence-electron chi connectivity index (χ1n) is 6.46. The summed E-state index contributed by atoms with van der Waals surface area (Å²) in [5.74, 6) is -0.154. The molecule has 6 heteroatoms. The molecule has 0 aliphatic carbocycles. The molecule has 2 aliphatic heterocycles. The number of nitrogens with zero attached hydrogens (tertiary/aromatic N) is 1. The highest BCUT2D eigenvalue weighted by atomic mass is 16.4. The second-order valence-corrected chi connectivity index (χ2v) is 5.36. The van der Waals surface area contributed by atoms with Gasteiger partial charge in [0, 0.05) is 18.1 Å². The highest BCUT2D eigenvalue weighted by molar-refractivity contribution is 5.76. The van der Waals surface area contributed by atoms with Crippen LogP contribution in [0.3, 0.4) is 0 Å². The third kappa shape index (κ3) is 2.75. The Balaban J connectivity index is 1.89. The van der Waals surface area contributed by atoms with Crippen LogP contribution in [-0.2, 0) is 4.79 Å². The van der Waals surface area contributed by atoms with Crippen LogP contribution >= 0.6 is 0 Å². The minimum Gasteiger partial charge on any atom is -0.465 e. The van der Waals surface area contributed by atoms with Crippen molar-refractivity contribution in [3.63, 3.8) is 0 Å². The summed E-state index contributed by atoms with van der Waals surface area (Å²) in [6, 6.07) is 0.126. The molecule has 2 bridgehead atoms. The topological polar surface area (TPSA) is 89.9 Å². The number of hydrogen-bond acceptors (Lipinski definition) is 3. The maximum absolute atomic E-state index is 11.6. The van der Waals surface area contributed by atoms with Gasteiger partial charge in [0.1, 0.15) is 0 Å². The number of aliphatic hydroxyl groups is 1. The molecule has 2 rings (SSSR count). The molecule has 2 saturated heterocycles. The molecular formula is C12H20N2O4. The average molecular weight is 256 g/mol. The number of carboxylic acid groups (broad SMARTS) is 1. The fraction of sp³-hybridized carbons (Fsp3) is 0.833. The predicted molar refractivity (Wildman–Crippen MR) is 64.1 cm³/mol. The third-order valence-corrected chi connectivity index (χ3v) is 3.80. The van der Waals surface area contributed by atoms with Crippen molar-refractivity contribution in [1.82, 2.24) is 10.2 Å². The van der Waals surface area contributed by atoms with E-state index in [0.717, 1.165) is 12.8 Å². The van der Waals surface area contributed by atoms with E-state index >= 15 is 0 Å². The van der Waals surface area contributed by atoms with E-state index in [9.17, 15) is 9.59 Å². The summed E-state index contributed by atoms with van der Waals surface area (Å²) in [4.78, 5) is 24.2. The second kappa shape index (κ2) is 5.14. The van der Waals surface area contributed by atoms with Crippen molar-refractivity contribution >= 4 is 12.0 Å². The molecule has 0 aromatic rings. The molecule has 6 nitrogen and oxygen atoms in total. The lowest BCUT2D eigenvalue weighted by Gasteiger charge is -2.37. The number of amides is 2. The Kier molecular flexibility index (Phi) is 3.75. The molecule has 0 radical (unpaired) electrons. The number of hydrogen-bond donors (Lipinski definition) is 3. The largest absolute Gasteiger partial charge is 0.465 e. The van der Waals surface area contributed by atoms with Gasteiger partial charge < -0.3 is 20.4 Å². The summed E-state index contributed by atoms with van der Waals surface area (Å²) in [6.07, 6.45) is 1.77. The van der Waals surface area contributed by atoms with Gasteiger partial charge in [-0.05, 0) is 32.6 Å². The van der Waals surface area contributed by atoms with Crippen LogP contribution in [0, 0.1) is 0 Å². The molecule has 0 spiro atoms. The van der Waals surface area contributed by atoms with Gasteiger partial charge in [0.05, 0.1) is 12.5 Å². The Morgan fingerprint density at radius 2 is 1.89 bits per heavy atom. The fourth-order valence-corrected chi connectivity index (χ4v) is 3.16. The minimum atomic E-state index is -0.851. The van der Waals surface area contributed by atoms with Crippen molar-refractivity contribution in [1.29, 1.82) is 0 Å². The van der Waals surface area contributed by atoms with E-state index < -0.39 is 12.2 Å². The maximum atomic E-state index is 11.6.